The van der Waals surface area contributed by atoms with Gasteiger partial charge in [0, 0.05) is 10.6 Å². The van der Waals surface area contributed by atoms with Crippen molar-refractivity contribution in [2.45, 2.75) is 4.90 Å². The van der Waals surface area contributed by atoms with Crippen molar-refractivity contribution in [1.29, 1.82) is 0 Å². The first-order valence-electron chi connectivity index (χ1n) is 5.71. The van der Waals surface area contributed by atoms with Gasteiger partial charge < -0.3 is 10.8 Å². The Kier molecular flexibility index (Phi) is 4.06. The molecule has 0 fully saturated rings. The molecular weight excluding hydrogens is 316 g/mol. The number of phenols is 1. The molecule has 0 aromatic heterocycles. The van der Waals surface area contributed by atoms with E-state index in [4.69, 9.17) is 17.3 Å². The lowest BCUT2D eigenvalue weighted by Crippen LogP contribution is -2.14. The molecule has 2 rings (SSSR count). The quantitative estimate of drug-likeness (QED) is 0.746. The van der Waals surface area contributed by atoms with Crippen LogP contribution in [0.2, 0.25) is 5.02 Å². The molecule has 0 saturated carbocycles. The largest absolute Gasteiger partial charge is 0.506 e. The lowest BCUT2D eigenvalue weighted by atomic mass is 10.2. The van der Waals surface area contributed by atoms with Gasteiger partial charge in [-0.05, 0) is 42.5 Å². The van der Waals surface area contributed by atoms with E-state index in [2.05, 4.69) is 4.72 Å². The number of nitrogens with two attached hydrogens (primary N) is 1. The standard InChI is InChI=1S/C13H11ClN2O4S/c14-9-3-6-12(17)11(7-9)16-21(19,20)10-4-1-8(2-5-10)13(15)18/h1-7,16-17H,(H2,15,18). The number of halogens is 1. The Labute approximate surface area is 126 Å². The van der Waals surface area contributed by atoms with E-state index in [-0.39, 0.29) is 26.9 Å². The zero-order valence-corrected chi connectivity index (χ0v) is 12.1. The summed E-state index contributed by atoms with van der Waals surface area (Å²) in [7, 11) is -3.92. The van der Waals surface area contributed by atoms with Crippen molar-refractivity contribution in [3.05, 3.63) is 53.1 Å². The third-order valence-electron chi connectivity index (χ3n) is 2.65. The number of rotatable bonds is 4. The van der Waals surface area contributed by atoms with E-state index in [9.17, 15) is 18.3 Å². The molecule has 6 nitrogen and oxygen atoms in total. The summed E-state index contributed by atoms with van der Waals surface area (Å²) in [5, 5.41) is 9.89. The Bertz CT molecular complexity index is 788. The van der Waals surface area contributed by atoms with Crippen LogP contribution >= 0.6 is 11.6 Å². The van der Waals surface area contributed by atoms with Gasteiger partial charge in [0.15, 0.2) is 0 Å². The molecule has 0 bridgehead atoms. The van der Waals surface area contributed by atoms with Crippen LogP contribution in [-0.4, -0.2) is 19.4 Å². The van der Waals surface area contributed by atoms with Crippen LogP contribution in [0.15, 0.2) is 47.4 Å². The molecule has 1 amide bonds. The Morgan fingerprint density at radius 3 is 2.33 bits per heavy atom. The van der Waals surface area contributed by atoms with E-state index in [0.717, 1.165) is 0 Å². The van der Waals surface area contributed by atoms with E-state index in [1.807, 2.05) is 0 Å². The van der Waals surface area contributed by atoms with Crippen LogP contribution in [0.25, 0.3) is 0 Å². The number of primary amides is 1. The number of benzene rings is 2. The summed E-state index contributed by atoms with van der Waals surface area (Å²) in [6.45, 7) is 0. The van der Waals surface area contributed by atoms with Crippen LogP contribution < -0.4 is 10.5 Å². The Morgan fingerprint density at radius 1 is 1.14 bits per heavy atom. The molecular formula is C13H11ClN2O4S. The molecule has 21 heavy (non-hydrogen) atoms. The van der Waals surface area contributed by atoms with Crippen LogP contribution in [0.1, 0.15) is 10.4 Å². The van der Waals surface area contributed by atoms with Crippen LogP contribution in [0, 0.1) is 0 Å². The van der Waals surface area contributed by atoms with Crippen molar-refractivity contribution in [2.75, 3.05) is 4.72 Å². The summed E-state index contributed by atoms with van der Waals surface area (Å²) in [6.07, 6.45) is 0. The van der Waals surface area contributed by atoms with E-state index in [1.54, 1.807) is 0 Å². The van der Waals surface area contributed by atoms with Gasteiger partial charge in [-0.1, -0.05) is 11.6 Å². The van der Waals surface area contributed by atoms with Crippen molar-refractivity contribution >= 4 is 33.2 Å². The SMILES string of the molecule is NC(=O)c1ccc(S(=O)(=O)Nc2cc(Cl)ccc2O)cc1. The zero-order valence-electron chi connectivity index (χ0n) is 10.6. The highest BCUT2D eigenvalue weighted by atomic mass is 35.5. The van der Waals surface area contributed by atoms with Gasteiger partial charge in [-0.2, -0.15) is 0 Å². The molecule has 0 aliphatic rings. The highest BCUT2D eigenvalue weighted by Gasteiger charge is 2.16. The highest BCUT2D eigenvalue weighted by molar-refractivity contribution is 7.92. The Morgan fingerprint density at radius 2 is 1.76 bits per heavy atom. The molecule has 110 valence electrons. The number of carbonyl (C=O) groups excluding carboxylic acids is 1. The molecule has 2 aromatic rings. The highest BCUT2D eigenvalue weighted by Crippen LogP contribution is 2.28. The minimum Gasteiger partial charge on any atom is -0.506 e. The second kappa shape index (κ2) is 5.63. The fourth-order valence-corrected chi connectivity index (χ4v) is 2.83. The number of hydrogen-bond acceptors (Lipinski definition) is 4. The maximum absolute atomic E-state index is 12.2. The summed E-state index contributed by atoms with van der Waals surface area (Å²) in [4.78, 5) is 10.9. The van der Waals surface area contributed by atoms with Gasteiger partial charge in [0.2, 0.25) is 5.91 Å². The summed E-state index contributed by atoms with van der Waals surface area (Å²) in [5.41, 5.74) is 5.23. The molecule has 0 unspecified atom stereocenters. The molecule has 0 heterocycles. The average Bonchev–Trinajstić information content (AvgIpc) is 2.43. The van der Waals surface area contributed by atoms with Crippen LogP contribution in [0.5, 0.6) is 5.75 Å². The first-order chi connectivity index (χ1) is 9.79. The van der Waals surface area contributed by atoms with Crippen molar-refractivity contribution in [1.82, 2.24) is 0 Å². The van der Waals surface area contributed by atoms with Crippen molar-refractivity contribution < 1.29 is 18.3 Å². The first kappa shape index (κ1) is 15.1. The summed E-state index contributed by atoms with van der Waals surface area (Å²) < 4.78 is 26.5. The van der Waals surface area contributed by atoms with Crippen LogP contribution in [0.4, 0.5) is 5.69 Å². The lowest BCUT2D eigenvalue weighted by Gasteiger charge is -2.10. The minimum atomic E-state index is -3.92. The van der Waals surface area contributed by atoms with Crippen LogP contribution in [-0.2, 0) is 10.0 Å². The Balaban J connectivity index is 2.34. The molecule has 0 atom stereocenters. The second-order valence-corrected chi connectivity index (χ2v) is 6.27. The number of sulfonamides is 1. The number of phenolic OH excluding ortho intramolecular Hbond substituents is 1. The smallest absolute Gasteiger partial charge is 0.262 e. The lowest BCUT2D eigenvalue weighted by molar-refractivity contribution is 0.1000. The van der Waals surface area contributed by atoms with Crippen LogP contribution in [0.3, 0.4) is 0 Å². The van der Waals surface area contributed by atoms with E-state index < -0.39 is 15.9 Å². The third kappa shape index (κ3) is 3.45. The number of aromatic hydroxyl groups is 1. The fourth-order valence-electron chi connectivity index (χ4n) is 1.59. The maximum Gasteiger partial charge on any atom is 0.262 e. The fraction of sp³-hybridized carbons (Fsp3) is 0. The van der Waals surface area contributed by atoms with E-state index in [0.29, 0.717) is 0 Å². The van der Waals surface area contributed by atoms with Gasteiger partial charge in [0.25, 0.3) is 10.0 Å². The molecule has 0 spiro atoms. The molecule has 0 aliphatic carbocycles. The van der Waals surface area contributed by atoms with Crippen molar-refractivity contribution in [3.63, 3.8) is 0 Å². The topological polar surface area (TPSA) is 109 Å². The van der Waals surface area contributed by atoms with Gasteiger partial charge in [-0.25, -0.2) is 8.42 Å². The summed E-state index contributed by atoms with van der Waals surface area (Å²) >= 11 is 5.75. The van der Waals surface area contributed by atoms with Crippen molar-refractivity contribution in [2.24, 2.45) is 5.73 Å². The van der Waals surface area contributed by atoms with E-state index in [1.165, 1.54) is 42.5 Å². The molecule has 4 N–H and O–H groups in total. The second-order valence-electron chi connectivity index (χ2n) is 4.16. The monoisotopic (exact) mass is 326 g/mol. The van der Waals surface area contributed by atoms with Gasteiger partial charge in [0.05, 0.1) is 10.6 Å². The molecule has 2 aromatic carbocycles. The van der Waals surface area contributed by atoms with Gasteiger partial charge >= 0.3 is 0 Å². The number of anilines is 1. The molecule has 0 aliphatic heterocycles. The predicted molar refractivity (Wildman–Crippen MR) is 78.9 cm³/mol. The normalized spacial score (nSPS) is 11.1. The summed E-state index contributed by atoms with van der Waals surface area (Å²) in [6, 6.07) is 9.07. The average molecular weight is 327 g/mol. The maximum atomic E-state index is 12.2. The number of hydrogen-bond donors (Lipinski definition) is 3. The number of nitrogens with one attached hydrogen (secondary N) is 1. The van der Waals surface area contributed by atoms with E-state index >= 15 is 0 Å². The molecule has 8 heteroatoms. The van der Waals surface area contributed by atoms with Gasteiger partial charge in [0.1, 0.15) is 5.75 Å². The Hall–Kier alpha value is -2.25. The molecule has 0 radical (unpaired) electrons. The third-order valence-corrected chi connectivity index (χ3v) is 4.27. The predicted octanol–water partition coefficient (Wildman–Crippen LogP) is 1.95. The van der Waals surface area contributed by atoms with Gasteiger partial charge in [-0.15, -0.1) is 0 Å². The zero-order chi connectivity index (χ0) is 15.6. The molecule has 0 saturated heterocycles. The first-order valence-corrected chi connectivity index (χ1v) is 7.57. The number of carbonyl (C=O) groups is 1. The van der Waals surface area contributed by atoms with Crippen molar-refractivity contribution in [3.8, 4) is 5.75 Å². The van der Waals surface area contributed by atoms with Gasteiger partial charge in [-0.3, -0.25) is 9.52 Å². The number of amides is 1. The minimum absolute atomic E-state index is 0.0403. The summed E-state index contributed by atoms with van der Waals surface area (Å²) in [5.74, 6) is -0.906.